The summed E-state index contributed by atoms with van der Waals surface area (Å²) >= 11 is 5.82. The minimum absolute atomic E-state index is 0.480. The van der Waals surface area contributed by atoms with Crippen molar-refractivity contribution in [1.29, 1.82) is 0 Å². The van der Waals surface area contributed by atoms with Gasteiger partial charge < -0.3 is 5.32 Å². The van der Waals surface area contributed by atoms with Crippen molar-refractivity contribution < 1.29 is 0 Å². The number of halogens is 1. The summed E-state index contributed by atoms with van der Waals surface area (Å²) in [6.07, 6.45) is 3.81. The number of hydrogen-bond acceptors (Lipinski definition) is 2. The molecule has 1 aromatic heterocycles. The van der Waals surface area contributed by atoms with Crippen molar-refractivity contribution in [3.63, 3.8) is 0 Å². The number of hydrogen-bond donors (Lipinski definition) is 1. The van der Waals surface area contributed by atoms with Crippen LogP contribution in [0.25, 0.3) is 0 Å². The number of piperidine rings is 1. The molecule has 0 saturated carbocycles. The molecule has 0 spiro atoms. The Bertz CT molecular complexity index is 319. The lowest BCUT2D eigenvalue weighted by atomic mass is 9.97. The van der Waals surface area contributed by atoms with Crippen LogP contribution in [0, 0.1) is 6.92 Å². The fraction of sp³-hybridized carbons (Fsp3) is 0.545. The molecule has 0 bridgehead atoms. The van der Waals surface area contributed by atoms with Crippen LogP contribution >= 0.6 is 11.6 Å². The molecule has 3 heteroatoms. The Hall–Kier alpha value is -0.600. The average Bonchev–Trinajstić information content (AvgIpc) is 2.19. The first-order valence-electron chi connectivity index (χ1n) is 5.14. The monoisotopic (exact) mass is 210 g/mol. The maximum atomic E-state index is 5.82. The molecule has 1 atom stereocenters. The molecular formula is C11H15ClN2. The van der Waals surface area contributed by atoms with Gasteiger partial charge in [0.05, 0.1) is 0 Å². The highest BCUT2D eigenvalue weighted by atomic mass is 35.5. The van der Waals surface area contributed by atoms with E-state index < -0.39 is 0 Å². The quantitative estimate of drug-likeness (QED) is 0.722. The van der Waals surface area contributed by atoms with Gasteiger partial charge in [-0.1, -0.05) is 24.1 Å². The van der Waals surface area contributed by atoms with Gasteiger partial charge in [0.1, 0.15) is 5.15 Å². The van der Waals surface area contributed by atoms with Gasteiger partial charge in [0.15, 0.2) is 0 Å². The van der Waals surface area contributed by atoms with Crippen molar-refractivity contribution in [3.05, 3.63) is 28.5 Å². The highest BCUT2D eigenvalue weighted by molar-refractivity contribution is 6.29. The molecule has 76 valence electrons. The third kappa shape index (κ3) is 2.07. The van der Waals surface area contributed by atoms with E-state index in [0.29, 0.717) is 11.2 Å². The summed E-state index contributed by atoms with van der Waals surface area (Å²) in [5, 5.41) is 4.10. The summed E-state index contributed by atoms with van der Waals surface area (Å²) < 4.78 is 0. The van der Waals surface area contributed by atoms with E-state index in [9.17, 15) is 0 Å². The molecule has 1 fully saturated rings. The summed E-state index contributed by atoms with van der Waals surface area (Å²) in [5.74, 6) is 0. The van der Waals surface area contributed by atoms with Gasteiger partial charge >= 0.3 is 0 Å². The zero-order valence-electron chi connectivity index (χ0n) is 8.39. The lowest BCUT2D eigenvalue weighted by molar-refractivity contribution is 0.410. The third-order valence-corrected chi connectivity index (χ3v) is 2.99. The van der Waals surface area contributed by atoms with Crippen molar-refractivity contribution in [3.8, 4) is 0 Å². The SMILES string of the molecule is Cc1nc(Cl)ccc1C1CCCCN1. The molecule has 0 aromatic carbocycles. The normalized spacial score (nSPS) is 22.3. The molecule has 0 radical (unpaired) electrons. The fourth-order valence-electron chi connectivity index (χ4n) is 2.03. The maximum absolute atomic E-state index is 5.82. The van der Waals surface area contributed by atoms with Crippen LogP contribution in [-0.2, 0) is 0 Å². The van der Waals surface area contributed by atoms with E-state index in [1.165, 1.54) is 24.8 Å². The highest BCUT2D eigenvalue weighted by Gasteiger charge is 2.16. The van der Waals surface area contributed by atoms with Crippen molar-refractivity contribution in [2.45, 2.75) is 32.2 Å². The fourth-order valence-corrected chi connectivity index (χ4v) is 2.22. The summed E-state index contributed by atoms with van der Waals surface area (Å²) in [6.45, 7) is 3.14. The number of aromatic nitrogens is 1. The Morgan fingerprint density at radius 3 is 2.93 bits per heavy atom. The highest BCUT2D eigenvalue weighted by Crippen LogP contribution is 2.25. The van der Waals surface area contributed by atoms with E-state index in [1.54, 1.807) is 0 Å². The van der Waals surface area contributed by atoms with Gasteiger partial charge in [-0.05, 0) is 37.9 Å². The third-order valence-electron chi connectivity index (χ3n) is 2.78. The van der Waals surface area contributed by atoms with Gasteiger partial charge in [-0.2, -0.15) is 0 Å². The average molecular weight is 211 g/mol. The second-order valence-electron chi connectivity index (χ2n) is 3.81. The zero-order valence-corrected chi connectivity index (χ0v) is 9.14. The van der Waals surface area contributed by atoms with E-state index in [-0.39, 0.29) is 0 Å². The molecule has 0 amide bonds. The first-order valence-corrected chi connectivity index (χ1v) is 5.51. The topological polar surface area (TPSA) is 24.9 Å². The molecule has 1 unspecified atom stereocenters. The van der Waals surface area contributed by atoms with Crippen molar-refractivity contribution in [2.24, 2.45) is 0 Å². The van der Waals surface area contributed by atoms with E-state index in [0.717, 1.165) is 12.2 Å². The number of nitrogens with zero attached hydrogens (tertiary/aromatic N) is 1. The number of pyridine rings is 1. The van der Waals surface area contributed by atoms with Crippen LogP contribution in [0.15, 0.2) is 12.1 Å². The predicted molar refractivity (Wildman–Crippen MR) is 58.6 cm³/mol. The van der Waals surface area contributed by atoms with Crippen LogP contribution in [-0.4, -0.2) is 11.5 Å². The van der Waals surface area contributed by atoms with E-state index in [4.69, 9.17) is 11.6 Å². The Labute approximate surface area is 89.7 Å². The van der Waals surface area contributed by atoms with Gasteiger partial charge in [-0.25, -0.2) is 4.98 Å². The summed E-state index contributed by atoms with van der Waals surface area (Å²) in [6, 6.07) is 4.45. The van der Waals surface area contributed by atoms with Crippen molar-refractivity contribution in [2.75, 3.05) is 6.54 Å². The van der Waals surface area contributed by atoms with Gasteiger partial charge in [-0.15, -0.1) is 0 Å². The Balaban J connectivity index is 2.22. The molecule has 2 rings (SSSR count). The van der Waals surface area contributed by atoms with Crippen LogP contribution in [0.5, 0.6) is 0 Å². The second kappa shape index (κ2) is 4.28. The van der Waals surface area contributed by atoms with Crippen LogP contribution in [0.2, 0.25) is 5.15 Å². The summed E-state index contributed by atoms with van der Waals surface area (Å²) in [7, 11) is 0. The molecule has 1 aliphatic heterocycles. The minimum Gasteiger partial charge on any atom is -0.310 e. The Kier molecular flexibility index (Phi) is 3.04. The maximum Gasteiger partial charge on any atom is 0.129 e. The molecular weight excluding hydrogens is 196 g/mol. The number of nitrogens with one attached hydrogen (secondary N) is 1. The van der Waals surface area contributed by atoms with Crippen molar-refractivity contribution >= 4 is 11.6 Å². The van der Waals surface area contributed by atoms with Gasteiger partial charge in [0.25, 0.3) is 0 Å². The lowest BCUT2D eigenvalue weighted by Gasteiger charge is -2.24. The van der Waals surface area contributed by atoms with Gasteiger partial charge in [-0.3, -0.25) is 0 Å². The van der Waals surface area contributed by atoms with E-state index in [2.05, 4.69) is 16.4 Å². The Morgan fingerprint density at radius 2 is 2.29 bits per heavy atom. The van der Waals surface area contributed by atoms with Gasteiger partial charge in [0.2, 0.25) is 0 Å². The van der Waals surface area contributed by atoms with Crippen LogP contribution in [0.3, 0.4) is 0 Å². The first-order chi connectivity index (χ1) is 6.77. The number of aryl methyl sites for hydroxylation is 1. The molecule has 0 aliphatic carbocycles. The van der Waals surface area contributed by atoms with Gasteiger partial charge in [0, 0.05) is 11.7 Å². The molecule has 14 heavy (non-hydrogen) atoms. The molecule has 1 aromatic rings. The largest absolute Gasteiger partial charge is 0.310 e. The van der Waals surface area contributed by atoms with E-state index >= 15 is 0 Å². The molecule has 2 heterocycles. The second-order valence-corrected chi connectivity index (χ2v) is 4.20. The zero-order chi connectivity index (χ0) is 9.97. The first kappa shape index (κ1) is 9.94. The molecule has 1 saturated heterocycles. The summed E-state index contributed by atoms with van der Waals surface area (Å²) in [4.78, 5) is 4.27. The van der Waals surface area contributed by atoms with Crippen LogP contribution < -0.4 is 5.32 Å². The predicted octanol–water partition coefficient (Wildman–Crippen LogP) is 2.86. The minimum atomic E-state index is 0.480. The standard InChI is InChI=1S/C11H15ClN2/c1-8-9(5-6-11(12)14-8)10-4-2-3-7-13-10/h5-6,10,13H,2-4,7H2,1H3. The summed E-state index contributed by atoms with van der Waals surface area (Å²) in [5.41, 5.74) is 2.35. The van der Waals surface area contributed by atoms with E-state index in [1.807, 2.05) is 13.0 Å². The Morgan fingerprint density at radius 1 is 1.43 bits per heavy atom. The van der Waals surface area contributed by atoms with Crippen LogP contribution in [0.1, 0.15) is 36.6 Å². The smallest absolute Gasteiger partial charge is 0.129 e. The lowest BCUT2D eigenvalue weighted by Crippen LogP contribution is -2.27. The molecule has 1 N–H and O–H groups in total. The molecule has 2 nitrogen and oxygen atoms in total. The van der Waals surface area contributed by atoms with Crippen molar-refractivity contribution in [1.82, 2.24) is 10.3 Å². The number of rotatable bonds is 1. The molecule has 1 aliphatic rings. The van der Waals surface area contributed by atoms with Crippen LogP contribution in [0.4, 0.5) is 0 Å².